The van der Waals surface area contributed by atoms with E-state index in [0.717, 1.165) is 6.07 Å². The second-order valence-corrected chi connectivity index (χ2v) is 7.68. The Morgan fingerprint density at radius 3 is 2.47 bits per heavy atom. The van der Waals surface area contributed by atoms with Gasteiger partial charge in [0, 0.05) is 12.7 Å². The number of nitrogens with one attached hydrogen (secondary N) is 2. The van der Waals surface area contributed by atoms with Crippen molar-refractivity contribution in [2.24, 2.45) is 5.92 Å². The maximum atomic E-state index is 12.6. The summed E-state index contributed by atoms with van der Waals surface area (Å²) in [5, 5.41) is 23.7. The summed E-state index contributed by atoms with van der Waals surface area (Å²) in [6.45, 7) is 4.04. The highest BCUT2D eigenvalue weighted by molar-refractivity contribution is 6.43. The molecular weight excluding hydrogens is 404 g/mol. The summed E-state index contributed by atoms with van der Waals surface area (Å²) < 4.78 is 37.9. The van der Waals surface area contributed by atoms with Crippen LogP contribution in [0.3, 0.4) is 0 Å². The lowest BCUT2D eigenvalue weighted by atomic mass is 9.76. The van der Waals surface area contributed by atoms with Gasteiger partial charge in [0.25, 0.3) is 0 Å². The van der Waals surface area contributed by atoms with Gasteiger partial charge in [-0.05, 0) is 37.3 Å². The Kier molecular flexibility index (Phi) is 8.07. The van der Waals surface area contributed by atoms with E-state index in [-0.39, 0.29) is 12.4 Å². The summed E-state index contributed by atoms with van der Waals surface area (Å²) in [4.78, 5) is 29.7. The van der Waals surface area contributed by atoms with Crippen LogP contribution in [0.25, 0.3) is 0 Å². The molecule has 0 unspecified atom stereocenters. The van der Waals surface area contributed by atoms with Crippen LogP contribution in [0, 0.1) is 5.92 Å². The maximum absolute atomic E-state index is 12.6. The quantitative estimate of drug-likeness (QED) is 0.430. The Hall–Kier alpha value is -2.34. The van der Waals surface area contributed by atoms with E-state index < -0.39 is 42.7 Å². The maximum Gasteiger partial charge on any atom is 0.475 e. The van der Waals surface area contributed by atoms with Crippen LogP contribution >= 0.6 is 0 Å². The van der Waals surface area contributed by atoms with Gasteiger partial charge in [0.2, 0.25) is 11.8 Å². The SMILES string of the molecule is CC(C)CC[C@H](NC(=O)CNC(=O)[C@@H]1CCN1c1ccc(C(F)(F)F)cn1)B(O)O. The first-order valence-corrected chi connectivity index (χ1v) is 9.72. The summed E-state index contributed by atoms with van der Waals surface area (Å²) in [6, 6.07) is 1.47. The molecule has 8 nitrogen and oxygen atoms in total. The van der Waals surface area contributed by atoms with Gasteiger partial charge in [-0.2, -0.15) is 13.2 Å². The lowest BCUT2D eigenvalue weighted by Crippen LogP contribution is -2.58. The molecule has 1 fully saturated rings. The van der Waals surface area contributed by atoms with E-state index in [9.17, 15) is 32.8 Å². The highest BCUT2D eigenvalue weighted by atomic mass is 19.4. The molecule has 0 bridgehead atoms. The number of hydrogen-bond acceptors (Lipinski definition) is 6. The van der Waals surface area contributed by atoms with E-state index in [4.69, 9.17) is 0 Å². The van der Waals surface area contributed by atoms with Crippen LogP contribution in [0.4, 0.5) is 19.0 Å². The predicted octanol–water partition coefficient (Wildman–Crippen LogP) is 0.728. The Labute approximate surface area is 173 Å². The molecule has 0 saturated carbocycles. The number of anilines is 1. The molecular formula is C18H26BF3N4O4. The van der Waals surface area contributed by atoms with E-state index in [2.05, 4.69) is 15.6 Å². The molecule has 1 aliphatic heterocycles. The van der Waals surface area contributed by atoms with Crippen LogP contribution < -0.4 is 15.5 Å². The number of rotatable bonds is 9. The average Bonchev–Trinajstić information content (AvgIpc) is 2.62. The van der Waals surface area contributed by atoms with Gasteiger partial charge in [-0.3, -0.25) is 9.59 Å². The zero-order chi connectivity index (χ0) is 22.5. The molecule has 0 aliphatic carbocycles. The van der Waals surface area contributed by atoms with Crippen LogP contribution in [0.5, 0.6) is 0 Å². The number of halogens is 3. The molecule has 1 saturated heterocycles. The zero-order valence-corrected chi connectivity index (χ0v) is 16.8. The number of amides is 2. The number of carbonyl (C=O) groups is 2. The van der Waals surface area contributed by atoms with Crippen LogP contribution in [0.15, 0.2) is 18.3 Å². The van der Waals surface area contributed by atoms with E-state index >= 15 is 0 Å². The number of carbonyl (C=O) groups excluding carboxylic acids is 2. The Morgan fingerprint density at radius 2 is 2.00 bits per heavy atom. The van der Waals surface area contributed by atoms with E-state index in [1.54, 1.807) is 4.90 Å². The monoisotopic (exact) mass is 430 g/mol. The third-order valence-electron chi connectivity index (χ3n) is 4.88. The Morgan fingerprint density at radius 1 is 1.30 bits per heavy atom. The first kappa shape index (κ1) is 23.9. The van der Waals surface area contributed by atoms with Crippen LogP contribution in [0.1, 0.15) is 38.7 Å². The van der Waals surface area contributed by atoms with Crippen molar-refractivity contribution in [1.29, 1.82) is 0 Å². The van der Waals surface area contributed by atoms with Crippen molar-refractivity contribution in [3.63, 3.8) is 0 Å². The molecule has 1 aliphatic rings. The van der Waals surface area contributed by atoms with Crippen LogP contribution in [0.2, 0.25) is 0 Å². The molecule has 30 heavy (non-hydrogen) atoms. The van der Waals surface area contributed by atoms with Crippen molar-refractivity contribution >= 4 is 24.8 Å². The summed E-state index contributed by atoms with van der Waals surface area (Å²) in [5.74, 6) is -1.29. The van der Waals surface area contributed by atoms with Crippen molar-refractivity contribution < 1.29 is 32.8 Å². The minimum absolute atomic E-state index is 0.246. The third-order valence-corrected chi connectivity index (χ3v) is 4.88. The fourth-order valence-corrected chi connectivity index (χ4v) is 3.01. The molecule has 0 spiro atoms. The van der Waals surface area contributed by atoms with Crippen molar-refractivity contribution in [2.45, 2.75) is 51.3 Å². The first-order chi connectivity index (χ1) is 14.0. The minimum atomic E-state index is -4.49. The second-order valence-electron chi connectivity index (χ2n) is 7.68. The molecule has 12 heteroatoms. The molecule has 2 atom stereocenters. The smallest absolute Gasteiger partial charge is 0.426 e. The minimum Gasteiger partial charge on any atom is -0.426 e. The second kappa shape index (κ2) is 10.1. The van der Waals surface area contributed by atoms with Crippen molar-refractivity contribution in [3.05, 3.63) is 23.9 Å². The van der Waals surface area contributed by atoms with Gasteiger partial charge in [0.1, 0.15) is 11.9 Å². The Balaban J connectivity index is 1.85. The summed E-state index contributed by atoms with van der Waals surface area (Å²) in [7, 11) is -1.71. The molecule has 0 radical (unpaired) electrons. The lowest BCUT2D eigenvalue weighted by Gasteiger charge is -2.40. The average molecular weight is 430 g/mol. The molecule has 0 aromatic carbocycles. The number of pyridine rings is 1. The molecule has 1 aromatic rings. The number of alkyl halides is 3. The summed E-state index contributed by atoms with van der Waals surface area (Å²) in [6.07, 6.45) is -2.23. The topological polar surface area (TPSA) is 115 Å². The predicted molar refractivity (Wildman–Crippen MR) is 104 cm³/mol. The fourth-order valence-electron chi connectivity index (χ4n) is 3.01. The Bertz CT molecular complexity index is 731. The van der Waals surface area contributed by atoms with Crippen molar-refractivity contribution in [2.75, 3.05) is 18.0 Å². The van der Waals surface area contributed by atoms with Crippen LogP contribution in [-0.2, 0) is 15.8 Å². The molecule has 2 rings (SSSR count). The van der Waals surface area contributed by atoms with Gasteiger partial charge in [-0.1, -0.05) is 13.8 Å². The first-order valence-electron chi connectivity index (χ1n) is 9.72. The standard InChI is InChI=1S/C18H26BF3N4O4/c1-11(2)3-5-14(19(29)30)25-16(27)10-24-17(28)13-7-8-26(13)15-6-4-12(9-23-15)18(20,21)22/h4,6,9,11,13-14,29-30H,3,5,7-8,10H2,1-2H3,(H,24,28)(H,25,27)/t13-,14-/m0/s1. The molecule has 2 heterocycles. The van der Waals surface area contributed by atoms with E-state index in [1.807, 2.05) is 13.8 Å². The normalized spacial score (nSPS) is 17.3. The molecule has 2 amide bonds. The lowest BCUT2D eigenvalue weighted by molar-refractivity contribution is -0.137. The molecule has 1 aromatic heterocycles. The number of nitrogens with zero attached hydrogens (tertiary/aromatic N) is 2. The fraction of sp³-hybridized carbons (Fsp3) is 0.611. The van der Waals surface area contributed by atoms with Crippen molar-refractivity contribution in [1.82, 2.24) is 15.6 Å². The number of hydrogen-bond donors (Lipinski definition) is 4. The highest BCUT2D eigenvalue weighted by Crippen LogP contribution is 2.31. The zero-order valence-electron chi connectivity index (χ0n) is 16.8. The van der Waals surface area contributed by atoms with Gasteiger partial charge in [0.05, 0.1) is 18.0 Å². The van der Waals surface area contributed by atoms with Gasteiger partial charge < -0.3 is 25.6 Å². The summed E-state index contributed by atoms with van der Waals surface area (Å²) in [5.41, 5.74) is -0.873. The van der Waals surface area contributed by atoms with Gasteiger partial charge in [-0.15, -0.1) is 0 Å². The van der Waals surface area contributed by atoms with Gasteiger partial charge >= 0.3 is 13.3 Å². The van der Waals surface area contributed by atoms with Crippen LogP contribution in [-0.4, -0.2) is 59.0 Å². The van der Waals surface area contributed by atoms with Crippen molar-refractivity contribution in [3.8, 4) is 0 Å². The van der Waals surface area contributed by atoms with E-state index in [0.29, 0.717) is 37.9 Å². The summed E-state index contributed by atoms with van der Waals surface area (Å²) >= 11 is 0. The largest absolute Gasteiger partial charge is 0.475 e. The highest BCUT2D eigenvalue weighted by Gasteiger charge is 2.36. The number of aromatic nitrogens is 1. The van der Waals surface area contributed by atoms with E-state index in [1.165, 1.54) is 6.07 Å². The van der Waals surface area contributed by atoms with Gasteiger partial charge in [-0.25, -0.2) is 4.98 Å². The van der Waals surface area contributed by atoms with Gasteiger partial charge in [0.15, 0.2) is 0 Å². The molecule has 166 valence electrons. The third kappa shape index (κ3) is 6.59. The molecule has 4 N–H and O–H groups in total.